The topological polar surface area (TPSA) is 6.48 Å². The lowest BCUT2D eigenvalue weighted by atomic mass is 9.96. The van der Waals surface area contributed by atoms with Crippen LogP contribution in [0.25, 0.3) is 43.4 Å². The van der Waals surface area contributed by atoms with Gasteiger partial charge in [0.25, 0.3) is 0 Å². The molecular formula is C48H34N2. The van der Waals surface area contributed by atoms with E-state index in [0.717, 1.165) is 34.1 Å². The molecule has 0 heterocycles. The van der Waals surface area contributed by atoms with Gasteiger partial charge in [0.1, 0.15) is 0 Å². The molecule has 0 aliphatic rings. The molecule has 0 amide bonds. The predicted molar refractivity (Wildman–Crippen MR) is 214 cm³/mol. The molecule has 0 aromatic heterocycles. The van der Waals surface area contributed by atoms with Gasteiger partial charge < -0.3 is 9.80 Å². The summed E-state index contributed by atoms with van der Waals surface area (Å²) in [7, 11) is 0. The Hall–Kier alpha value is -6.64. The number of benzene rings is 9. The average molecular weight is 639 g/mol. The van der Waals surface area contributed by atoms with Crippen LogP contribution in [-0.2, 0) is 0 Å². The van der Waals surface area contributed by atoms with Crippen molar-refractivity contribution in [1.29, 1.82) is 0 Å². The zero-order valence-electron chi connectivity index (χ0n) is 27.5. The first kappa shape index (κ1) is 29.5. The molecule has 0 bridgehead atoms. The first-order valence-corrected chi connectivity index (χ1v) is 17.1. The molecule has 0 saturated carbocycles. The van der Waals surface area contributed by atoms with E-state index in [0.29, 0.717) is 0 Å². The summed E-state index contributed by atoms with van der Waals surface area (Å²) in [5, 5.41) is 7.58. The van der Waals surface area contributed by atoms with Crippen molar-refractivity contribution in [1.82, 2.24) is 0 Å². The molecule has 0 spiro atoms. The van der Waals surface area contributed by atoms with Gasteiger partial charge in [-0.2, -0.15) is 0 Å². The van der Waals surface area contributed by atoms with Crippen LogP contribution in [0.4, 0.5) is 34.1 Å². The molecular weight excluding hydrogens is 605 g/mol. The predicted octanol–water partition coefficient (Wildman–Crippen LogP) is 13.8. The number of fused-ring (bicyclic) bond motifs is 5. The van der Waals surface area contributed by atoms with E-state index < -0.39 is 0 Å². The molecule has 0 aliphatic heterocycles. The van der Waals surface area contributed by atoms with Gasteiger partial charge in [0.2, 0.25) is 0 Å². The molecule has 9 aromatic carbocycles. The van der Waals surface area contributed by atoms with E-state index in [-0.39, 0.29) is 0 Å². The summed E-state index contributed by atoms with van der Waals surface area (Å²) in [6.45, 7) is 0. The summed E-state index contributed by atoms with van der Waals surface area (Å²) in [6, 6.07) is 74.0. The number of nitrogens with zero attached hydrogens (tertiary/aromatic N) is 2. The highest BCUT2D eigenvalue weighted by atomic mass is 15.2. The van der Waals surface area contributed by atoms with Crippen LogP contribution in [-0.4, -0.2) is 0 Å². The van der Waals surface area contributed by atoms with Gasteiger partial charge in [-0.3, -0.25) is 0 Å². The fourth-order valence-corrected chi connectivity index (χ4v) is 7.27. The average Bonchev–Trinajstić information content (AvgIpc) is 3.20. The Labute approximate surface area is 292 Å². The van der Waals surface area contributed by atoms with Crippen LogP contribution in [0.1, 0.15) is 0 Å². The SMILES string of the molecule is c1ccc(-c2ccccc2N(c2ccc(N(c3ccccc3)c3ccccc3)cc2)c2ccc3c(ccc4c5ccccc5ccc34)c2)cc1. The highest BCUT2D eigenvalue weighted by Crippen LogP contribution is 2.44. The monoisotopic (exact) mass is 638 g/mol. The van der Waals surface area contributed by atoms with Crippen molar-refractivity contribution >= 4 is 66.4 Å². The molecule has 50 heavy (non-hydrogen) atoms. The van der Waals surface area contributed by atoms with Gasteiger partial charge in [-0.15, -0.1) is 0 Å². The van der Waals surface area contributed by atoms with E-state index in [1.54, 1.807) is 0 Å². The lowest BCUT2D eigenvalue weighted by Crippen LogP contribution is -2.13. The maximum absolute atomic E-state index is 2.39. The molecule has 0 N–H and O–H groups in total. The normalized spacial score (nSPS) is 11.2. The minimum absolute atomic E-state index is 1.09. The Morgan fingerprint density at radius 2 is 0.720 bits per heavy atom. The van der Waals surface area contributed by atoms with Gasteiger partial charge in [-0.05, 0) is 105 Å². The second-order valence-corrected chi connectivity index (χ2v) is 12.6. The lowest BCUT2D eigenvalue weighted by molar-refractivity contribution is 1.26. The highest BCUT2D eigenvalue weighted by molar-refractivity contribution is 6.17. The minimum Gasteiger partial charge on any atom is -0.311 e. The molecule has 9 aromatic rings. The van der Waals surface area contributed by atoms with Crippen LogP contribution in [0.15, 0.2) is 206 Å². The molecule has 0 atom stereocenters. The first-order valence-electron chi connectivity index (χ1n) is 17.1. The maximum atomic E-state index is 2.39. The first-order chi connectivity index (χ1) is 24.8. The fourth-order valence-electron chi connectivity index (χ4n) is 7.27. The van der Waals surface area contributed by atoms with E-state index in [1.165, 1.54) is 43.4 Å². The standard InChI is InChI=1S/C48H34N2/c1-4-14-35(15-5-1)45-22-12-13-23-48(45)50(41-28-26-40(27-29-41)49(38-17-6-2-7-18-38)39-19-8-3-9-20-39)42-30-33-44-37(34-42)25-32-46-43-21-11-10-16-36(43)24-31-47(44)46/h1-34H. The number of para-hydroxylation sites is 3. The Bertz CT molecular complexity index is 2540. The highest BCUT2D eigenvalue weighted by Gasteiger charge is 2.19. The zero-order chi connectivity index (χ0) is 33.3. The molecule has 0 unspecified atom stereocenters. The van der Waals surface area contributed by atoms with Gasteiger partial charge in [0.15, 0.2) is 0 Å². The Morgan fingerprint density at radius 1 is 0.260 bits per heavy atom. The Balaban J connectivity index is 1.21. The van der Waals surface area contributed by atoms with Crippen LogP contribution in [0.2, 0.25) is 0 Å². The number of rotatable bonds is 7. The van der Waals surface area contributed by atoms with Crippen LogP contribution in [0.3, 0.4) is 0 Å². The van der Waals surface area contributed by atoms with Gasteiger partial charge >= 0.3 is 0 Å². The third-order valence-corrected chi connectivity index (χ3v) is 9.61. The Morgan fingerprint density at radius 3 is 1.40 bits per heavy atom. The maximum Gasteiger partial charge on any atom is 0.0540 e. The van der Waals surface area contributed by atoms with Crippen molar-refractivity contribution < 1.29 is 0 Å². The van der Waals surface area contributed by atoms with Crippen molar-refractivity contribution in [3.05, 3.63) is 206 Å². The molecule has 0 radical (unpaired) electrons. The minimum atomic E-state index is 1.09. The molecule has 0 fully saturated rings. The zero-order valence-corrected chi connectivity index (χ0v) is 27.5. The third-order valence-electron chi connectivity index (χ3n) is 9.61. The van der Waals surface area contributed by atoms with Crippen molar-refractivity contribution in [2.24, 2.45) is 0 Å². The van der Waals surface area contributed by atoms with Crippen LogP contribution >= 0.6 is 0 Å². The van der Waals surface area contributed by atoms with Crippen LogP contribution in [0.5, 0.6) is 0 Å². The van der Waals surface area contributed by atoms with Gasteiger partial charge in [-0.1, -0.05) is 140 Å². The summed E-state index contributed by atoms with van der Waals surface area (Å²) in [5.74, 6) is 0. The molecule has 2 nitrogen and oxygen atoms in total. The molecule has 0 aliphatic carbocycles. The number of hydrogen-bond acceptors (Lipinski definition) is 2. The van der Waals surface area contributed by atoms with Gasteiger partial charge in [-0.25, -0.2) is 0 Å². The number of anilines is 6. The van der Waals surface area contributed by atoms with Crippen molar-refractivity contribution in [2.75, 3.05) is 9.80 Å². The van der Waals surface area contributed by atoms with Gasteiger partial charge in [0.05, 0.1) is 5.69 Å². The smallest absolute Gasteiger partial charge is 0.0540 e. The van der Waals surface area contributed by atoms with E-state index in [4.69, 9.17) is 0 Å². The quantitative estimate of drug-likeness (QED) is 0.160. The van der Waals surface area contributed by atoms with Crippen LogP contribution < -0.4 is 9.80 Å². The van der Waals surface area contributed by atoms with Crippen molar-refractivity contribution in [2.45, 2.75) is 0 Å². The summed E-state index contributed by atoms with van der Waals surface area (Å²) in [5.41, 5.74) is 9.01. The van der Waals surface area contributed by atoms with Crippen molar-refractivity contribution in [3.63, 3.8) is 0 Å². The third kappa shape index (κ3) is 5.34. The van der Waals surface area contributed by atoms with E-state index >= 15 is 0 Å². The van der Waals surface area contributed by atoms with E-state index in [2.05, 4.69) is 216 Å². The number of hydrogen-bond donors (Lipinski definition) is 0. The van der Waals surface area contributed by atoms with Crippen LogP contribution in [0, 0.1) is 0 Å². The summed E-state index contributed by atoms with van der Waals surface area (Å²) in [6.07, 6.45) is 0. The molecule has 0 saturated heterocycles. The van der Waals surface area contributed by atoms with E-state index in [1.807, 2.05) is 0 Å². The summed E-state index contributed by atoms with van der Waals surface area (Å²) < 4.78 is 0. The lowest BCUT2D eigenvalue weighted by Gasteiger charge is -2.30. The molecule has 2 heteroatoms. The Kier molecular flexibility index (Phi) is 7.53. The molecule has 9 rings (SSSR count). The fraction of sp³-hybridized carbons (Fsp3) is 0. The second-order valence-electron chi connectivity index (χ2n) is 12.6. The van der Waals surface area contributed by atoms with Gasteiger partial charge in [0, 0.05) is 34.0 Å². The van der Waals surface area contributed by atoms with E-state index in [9.17, 15) is 0 Å². The molecule has 236 valence electrons. The second kappa shape index (κ2) is 12.8. The largest absolute Gasteiger partial charge is 0.311 e. The summed E-state index contributed by atoms with van der Waals surface area (Å²) in [4.78, 5) is 4.70. The summed E-state index contributed by atoms with van der Waals surface area (Å²) >= 11 is 0. The van der Waals surface area contributed by atoms with Crippen molar-refractivity contribution in [3.8, 4) is 11.1 Å².